The number of carbonyl (C=O) groups is 1. The van der Waals surface area contributed by atoms with Crippen molar-refractivity contribution in [3.63, 3.8) is 0 Å². The second kappa shape index (κ2) is 4.22. The summed E-state index contributed by atoms with van der Waals surface area (Å²) in [6.45, 7) is 5.99. The molecule has 68 valence electrons. The molecule has 2 atom stereocenters. The van der Waals surface area contributed by atoms with E-state index in [0.29, 0.717) is 11.7 Å². The Hall–Kier alpha value is -0.110. The van der Waals surface area contributed by atoms with Gasteiger partial charge in [-0.05, 0) is 29.7 Å². The fraction of sp³-hybridized carbons (Fsp3) is 0.700. The molecule has 0 aliphatic heterocycles. The number of Topliss-reactive ketones (excluding diaryl/α,β-unsaturated/α-hetero) is 1. The molecule has 2 unspecified atom stereocenters. The Morgan fingerprint density at radius 2 is 2.42 bits per heavy atom. The Labute approximate surface area is 82.4 Å². The highest BCUT2D eigenvalue weighted by Gasteiger charge is 2.26. The van der Waals surface area contributed by atoms with E-state index in [-0.39, 0.29) is 5.92 Å². The van der Waals surface area contributed by atoms with Gasteiger partial charge in [0, 0.05) is 12.3 Å². The minimum Gasteiger partial charge on any atom is -0.299 e. The maximum Gasteiger partial charge on any atom is 0.136 e. The number of hydrogen-bond acceptors (Lipinski definition) is 1. The summed E-state index contributed by atoms with van der Waals surface area (Å²) in [5.74, 6) is 1.37. The van der Waals surface area contributed by atoms with Crippen LogP contribution < -0.4 is 0 Å². The second-order valence-corrected chi connectivity index (χ2v) is 4.89. The van der Waals surface area contributed by atoms with Crippen LogP contribution in [0.2, 0.25) is 0 Å². The van der Waals surface area contributed by atoms with Crippen LogP contribution in [0.15, 0.2) is 11.1 Å². The van der Waals surface area contributed by atoms with Crippen molar-refractivity contribution in [2.24, 2.45) is 11.8 Å². The lowest BCUT2D eigenvalue weighted by Crippen LogP contribution is -2.23. The van der Waals surface area contributed by atoms with E-state index in [2.05, 4.69) is 29.4 Å². The average molecular weight is 231 g/mol. The molecule has 1 fully saturated rings. The summed E-state index contributed by atoms with van der Waals surface area (Å²) < 4.78 is 0.954. The lowest BCUT2D eigenvalue weighted by molar-refractivity contribution is -0.125. The maximum atomic E-state index is 11.4. The van der Waals surface area contributed by atoms with Crippen molar-refractivity contribution >= 4 is 21.7 Å². The van der Waals surface area contributed by atoms with Gasteiger partial charge in [-0.25, -0.2) is 0 Å². The monoisotopic (exact) mass is 230 g/mol. The van der Waals surface area contributed by atoms with Gasteiger partial charge in [0.1, 0.15) is 5.78 Å². The van der Waals surface area contributed by atoms with Crippen LogP contribution in [0.3, 0.4) is 0 Å². The largest absolute Gasteiger partial charge is 0.299 e. The normalized spacial score (nSPS) is 30.3. The van der Waals surface area contributed by atoms with Gasteiger partial charge in [0.15, 0.2) is 0 Å². The molecule has 0 aromatic carbocycles. The molecular weight excluding hydrogens is 216 g/mol. The summed E-state index contributed by atoms with van der Waals surface area (Å²) in [6.07, 6.45) is 3.71. The van der Waals surface area contributed by atoms with E-state index in [1.807, 2.05) is 0 Å². The van der Waals surface area contributed by atoms with Gasteiger partial charge >= 0.3 is 0 Å². The summed E-state index contributed by atoms with van der Waals surface area (Å²) in [6, 6.07) is 0. The van der Waals surface area contributed by atoms with E-state index < -0.39 is 0 Å². The van der Waals surface area contributed by atoms with Crippen molar-refractivity contribution in [1.29, 1.82) is 0 Å². The molecule has 1 aliphatic carbocycles. The minimum atomic E-state index is 0.237. The second-order valence-electron chi connectivity index (χ2n) is 3.76. The molecule has 0 heterocycles. The molecule has 0 radical (unpaired) electrons. The molecular formula is C10H15BrO. The molecule has 12 heavy (non-hydrogen) atoms. The molecule has 1 rings (SSSR count). The van der Waals surface area contributed by atoms with Crippen molar-refractivity contribution in [2.45, 2.75) is 32.6 Å². The average Bonchev–Trinajstić information content (AvgIpc) is 1.96. The van der Waals surface area contributed by atoms with Crippen molar-refractivity contribution < 1.29 is 4.79 Å². The molecule has 0 aromatic heterocycles. The van der Waals surface area contributed by atoms with Gasteiger partial charge in [-0.15, -0.1) is 0 Å². The fourth-order valence-corrected chi connectivity index (χ4v) is 2.18. The summed E-state index contributed by atoms with van der Waals surface area (Å²) >= 11 is 3.31. The predicted octanol–water partition coefficient (Wildman–Crippen LogP) is 3.29. The molecule has 0 spiro atoms. The SMILES string of the molecule is C=C(Br)CC1CC(C)CCC1=O. The van der Waals surface area contributed by atoms with Crippen molar-refractivity contribution in [3.05, 3.63) is 11.1 Å². The first-order valence-electron chi connectivity index (χ1n) is 4.45. The Balaban J connectivity index is 2.49. The Morgan fingerprint density at radius 1 is 1.75 bits per heavy atom. The van der Waals surface area contributed by atoms with Gasteiger partial charge in [-0.3, -0.25) is 4.79 Å². The molecule has 0 N–H and O–H groups in total. The minimum absolute atomic E-state index is 0.237. The van der Waals surface area contributed by atoms with Crippen molar-refractivity contribution in [2.75, 3.05) is 0 Å². The summed E-state index contributed by atoms with van der Waals surface area (Å²) in [4.78, 5) is 11.4. The van der Waals surface area contributed by atoms with Gasteiger partial charge in [0.2, 0.25) is 0 Å². The zero-order valence-electron chi connectivity index (χ0n) is 7.48. The highest BCUT2D eigenvalue weighted by atomic mass is 79.9. The zero-order valence-corrected chi connectivity index (χ0v) is 9.06. The first-order valence-corrected chi connectivity index (χ1v) is 5.25. The first kappa shape index (κ1) is 9.97. The standard InChI is InChI=1S/C10H15BrO/c1-7-3-4-10(12)9(5-7)6-8(2)11/h7,9H,2-6H2,1H3. The van der Waals surface area contributed by atoms with Gasteiger partial charge in [0.25, 0.3) is 0 Å². The molecule has 0 saturated heterocycles. The van der Waals surface area contributed by atoms with Crippen LogP contribution in [0.1, 0.15) is 32.6 Å². The van der Waals surface area contributed by atoms with Crippen LogP contribution >= 0.6 is 15.9 Å². The highest BCUT2D eigenvalue weighted by Crippen LogP contribution is 2.30. The Kier molecular flexibility index (Phi) is 3.51. The quantitative estimate of drug-likeness (QED) is 0.712. The number of ketones is 1. The zero-order chi connectivity index (χ0) is 9.14. The summed E-state index contributed by atoms with van der Waals surface area (Å²) in [7, 11) is 0. The lowest BCUT2D eigenvalue weighted by atomic mass is 9.80. The molecule has 0 aromatic rings. The van der Waals surface area contributed by atoms with E-state index in [0.717, 1.165) is 30.2 Å². The van der Waals surface area contributed by atoms with Crippen LogP contribution in [-0.4, -0.2) is 5.78 Å². The fourth-order valence-electron chi connectivity index (χ4n) is 1.79. The summed E-state index contributed by atoms with van der Waals surface area (Å²) in [5, 5.41) is 0. The molecule has 0 amide bonds. The van der Waals surface area contributed by atoms with E-state index in [9.17, 15) is 4.79 Å². The molecule has 1 nitrogen and oxygen atoms in total. The lowest BCUT2D eigenvalue weighted by Gasteiger charge is -2.25. The van der Waals surface area contributed by atoms with E-state index >= 15 is 0 Å². The smallest absolute Gasteiger partial charge is 0.136 e. The molecule has 2 heteroatoms. The first-order chi connectivity index (χ1) is 5.59. The van der Waals surface area contributed by atoms with Crippen LogP contribution in [0.5, 0.6) is 0 Å². The van der Waals surface area contributed by atoms with Crippen LogP contribution in [0.4, 0.5) is 0 Å². The number of halogens is 1. The number of rotatable bonds is 2. The van der Waals surface area contributed by atoms with E-state index in [1.165, 1.54) is 0 Å². The van der Waals surface area contributed by atoms with Crippen LogP contribution in [0, 0.1) is 11.8 Å². The van der Waals surface area contributed by atoms with E-state index in [4.69, 9.17) is 0 Å². The van der Waals surface area contributed by atoms with Crippen LogP contribution in [0.25, 0.3) is 0 Å². The Morgan fingerprint density at radius 3 is 3.00 bits per heavy atom. The highest BCUT2D eigenvalue weighted by molar-refractivity contribution is 9.11. The van der Waals surface area contributed by atoms with Gasteiger partial charge in [-0.2, -0.15) is 0 Å². The van der Waals surface area contributed by atoms with E-state index in [1.54, 1.807) is 0 Å². The van der Waals surface area contributed by atoms with Gasteiger partial charge in [-0.1, -0.05) is 29.4 Å². The Bertz CT molecular complexity index is 198. The molecule has 0 bridgehead atoms. The number of carbonyl (C=O) groups excluding carboxylic acids is 1. The summed E-state index contributed by atoms with van der Waals surface area (Å²) in [5.41, 5.74) is 0. The molecule has 1 saturated carbocycles. The third kappa shape index (κ3) is 2.74. The maximum absolute atomic E-state index is 11.4. The third-order valence-corrected chi connectivity index (χ3v) is 2.82. The van der Waals surface area contributed by atoms with Crippen LogP contribution in [-0.2, 0) is 4.79 Å². The van der Waals surface area contributed by atoms with Gasteiger partial charge < -0.3 is 0 Å². The molecule has 1 aliphatic rings. The number of hydrogen-bond donors (Lipinski definition) is 0. The van der Waals surface area contributed by atoms with Crippen molar-refractivity contribution in [1.82, 2.24) is 0 Å². The topological polar surface area (TPSA) is 17.1 Å². The third-order valence-electron chi connectivity index (χ3n) is 2.49. The number of allylic oxidation sites excluding steroid dienone is 1. The predicted molar refractivity (Wildman–Crippen MR) is 54.2 cm³/mol. The van der Waals surface area contributed by atoms with Gasteiger partial charge in [0.05, 0.1) is 0 Å². The van der Waals surface area contributed by atoms with Crippen molar-refractivity contribution in [3.8, 4) is 0 Å².